The Bertz CT molecular complexity index is 975. The Morgan fingerprint density at radius 2 is 1.25 bits per heavy atom. The van der Waals surface area contributed by atoms with E-state index in [1.165, 1.54) is 36.4 Å². The molecule has 1 N–H and O–H groups in total. The van der Waals surface area contributed by atoms with Crippen LogP contribution in [0, 0.1) is 0 Å². The maximum atomic E-state index is 12.7. The Morgan fingerprint density at radius 3 is 1.88 bits per heavy atom. The van der Waals surface area contributed by atoms with Gasteiger partial charge in [-0.1, -0.05) is 54.6 Å². The van der Waals surface area contributed by atoms with Crippen LogP contribution in [0.5, 0.6) is 0 Å². The molecule has 0 fully saturated rings. The van der Waals surface area contributed by atoms with E-state index in [0.717, 1.165) is 11.1 Å². The highest BCUT2D eigenvalue weighted by Gasteiger charge is 2.23. The van der Waals surface area contributed by atoms with E-state index in [0.29, 0.717) is 0 Å². The van der Waals surface area contributed by atoms with Crippen LogP contribution in [-0.4, -0.2) is 19.5 Å². The molecule has 0 saturated carbocycles. The Hall–Kier alpha value is -2.92. The second-order valence-corrected chi connectivity index (χ2v) is 7.11. The van der Waals surface area contributed by atoms with Gasteiger partial charge in [-0.2, -0.15) is 0 Å². The fourth-order valence-electron chi connectivity index (χ4n) is 2.46. The third kappa shape index (κ3) is 2.94. The smallest absolute Gasteiger partial charge is 0.337 e. The van der Waals surface area contributed by atoms with Gasteiger partial charge < -0.3 is 5.11 Å². The Balaban J connectivity index is 2.04. The number of sulfone groups is 1. The molecule has 4 nitrogen and oxygen atoms in total. The summed E-state index contributed by atoms with van der Waals surface area (Å²) in [7, 11) is -3.89. The number of carbonyl (C=O) groups is 1. The highest BCUT2D eigenvalue weighted by molar-refractivity contribution is 7.91. The van der Waals surface area contributed by atoms with E-state index in [-0.39, 0.29) is 15.4 Å². The maximum absolute atomic E-state index is 12.7. The van der Waals surface area contributed by atoms with Gasteiger partial charge in [0.2, 0.25) is 9.84 Å². The third-order valence-electron chi connectivity index (χ3n) is 3.68. The molecule has 0 atom stereocenters. The molecule has 5 heteroatoms. The molecule has 0 amide bonds. The van der Waals surface area contributed by atoms with Crippen LogP contribution < -0.4 is 0 Å². The molecule has 0 aromatic heterocycles. The Morgan fingerprint density at radius 1 is 0.708 bits per heavy atom. The van der Waals surface area contributed by atoms with E-state index in [2.05, 4.69) is 0 Å². The van der Waals surface area contributed by atoms with Gasteiger partial charge in [0.25, 0.3) is 0 Å². The zero-order chi connectivity index (χ0) is 17.2. The van der Waals surface area contributed by atoms with Crippen molar-refractivity contribution in [2.24, 2.45) is 0 Å². The largest absolute Gasteiger partial charge is 0.478 e. The molecule has 0 saturated heterocycles. The van der Waals surface area contributed by atoms with Crippen molar-refractivity contribution in [2.45, 2.75) is 9.79 Å². The SMILES string of the molecule is O=C(O)c1ccccc1S(=O)(=O)c1ccc(-c2ccccc2)cc1. The topological polar surface area (TPSA) is 71.4 Å². The molecule has 0 heterocycles. The number of hydrogen-bond acceptors (Lipinski definition) is 3. The van der Waals surface area contributed by atoms with Crippen LogP contribution >= 0.6 is 0 Å². The third-order valence-corrected chi connectivity index (χ3v) is 5.51. The van der Waals surface area contributed by atoms with Crippen LogP contribution in [0.2, 0.25) is 0 Å². The van der Waals surface area contributed by atoms with Crippen LogP contribution in [0.1, 0.15) is 10.4 Å². The van der Waals surface area contributed by atoms with Crippen LogP contribution in [0.4, 0.5) is 0 Å². The Kier molecular flexibility index (Phi) is 4.18. The summed E-state index contributed by atoms with van der Waals surface area (Å²) in [6.45, 7) is 0. The molecule has 24 heavy (non-hydrogen) atoms. The fourth-order valence-corrected chi connectivity index (χ4v) is 3.91. The monoisotopic (exact) mass is 338 g/mol. The summed E-state index contributed by atoms with van der Waals surface area (Å²) in [5, 5.41) is 9.20. The molecule has 0 bridgehead atoms. The summed E-state index contributed by atoms with van der Waals surface area (Å²) in [6.07, 6.45) is 0. The minimum atomic E-state index is -3.89. The molecule has 0 unspecified atom stereocenters. The predicted molar refractivity (Wildman–Crippen MR) is 90.7 cm³/mol. The normalized spacial score (nSPS) is 11.2. The zero-order valence-electron chi connectivity index (χ0n) is 12.6. The van der Waals surface area contributed by atoms with Crippen molar-refractivity contribution in [1.82, 2.24) is 0 Å². The van der Waals surface area contributed by atoms with Crippen molar-refractivity contribution in [2.75, 3.05) is 0 Å². The molecule has 3 aromatic carbocycles. The van der Waals surface area contributed by atoms with E-state index in [9.17, 15) is 18.3 Å². The van der Waals surface area contributed by atoms with Gasteiger partial charge in [0.05, 0.1) is 15.4 Å². The molecule has 0 aliphatic rings. The summed E-state index contributed by atoms with van der Waals surface area (Å²) in [5.41, 5.74) is 1.64. The molecular weight excluding hydrogens is 324 g/mol. The summed E-state index contributed by atoms with van der Waals surface area (Å²) in [4.78, 5) is 11.1. The molecule has 0 aliphatic heterocycles. The zero-order valence-corrected chi connectivity index (χ0v) is 13.4. The highest BCUT2D eigenvalue weighted by Crippen LogP contribution is 2.27. The predicted octanol–water partition coefficient (Wildman–Crippen LogP) is 3.88. The first-order valence-electron chi connectivity index (χ1n) is 7.23. The lowest BCUT2D eigenvalue weighted by atomic mass is 10.1. The number of benzene rings is 3. The van der Waals surface area contributed by atoms with Gasteiger partial charge in [-0.3, -0.25) is 0 Å². The van der Waals surface area contributed by atoms with E-state index < -0.39 is 15.8 Å². The lowest BCUT2D eigenvalue weighted by Gasteiger charge is -2.09. The van der Waals surface area contributed by atoms with Crippen LogP contribution in [0.25, 0.3) is 11.1 Å². The van der Waals surface area contributed by atoms with Crippen molar-refractivity contribution in [3.05, 3.63) is 84.4 Å². The van der Waals surface area contributed by atoms with E-state index in [4.69, 9.17) is 0 Å². The fraction of sp³-hybridized carbons (Fsp3) is 0. The lowest BCUT2D eigenvalue weighted by Crippen LogP contribution is -2.09. The first kappa shape index (κ1) is 16.0. The number of carboxylic acid groups (broad SMARTS) is 1. The minimum absolute atomic E-state index is 0.0656. The molecular formula is C19H14O4S. The quantitative estimate of drug-likeness (QED) is 0.783. The van der Waals surface area contributed by atoms with E-state index >= 15 is 0 Å². The van der Waals surface area contributed by atoms with Crippen molar-refractivity contribution < 1.29 is 18.3 Å². The second kappa shape index (κ2) is 6.29. The summed E-state index contributed by atoms with van der Waals surface area (Å²) in [5.74, 6) is -1.27. The molecule has 120 valence electrons. The molecule has 0 spiro atoms. The molecule has 3 rings (SSSR count). The first-order chi connectivity index (χ1) is 11.5. The maximum Gasteiger partial charge on any atom is 0.337 e. The molecule has 0 radical (unpaired) electrons. The minimum Gasteiger partial charge on any atom is -0.478 e. The second-order valence-electron chi connectivity index (χ2n) is 5.20. The number of carboxylic acids is 1. The van der Waals surface area contributed by atoms with Crippen molar-refractivity contribution >= 4 is 15.8 Å². The summed E-state index contributed by atoms with van der Waals surface area (Å²) < 4.78 is 25.5. The number of rotatable bonds is 4. The van der Waals surface area contributed by atoms with Crippen LogP contribution in [0.3, 0.4) is 0 Å². The van der Waals surface area contributed by atoms with E-state index in [1.807, 2.05) is 30.3 Å². The van der Waals surface area contributed by atoms with E-state index in [1.54, 1.807) is 12.1 Å². The lowest BCUT2D eigenvalue weighted by molar-refractivity contribution is 0.0692. The number of aromatic carboxylic acids is 1. The summed E-state index contributed by atoms with van der Waals surface area (Å²) >= 11 is 0. The average Bonchev–Trinajstić information content (AvgIpc) is 2.62. The van der Waals surface area contributed by atoms with Crippen LogP contribution in [-0.2, 0) is 9.84 Å². The van der Waals surface area contributed by atoms with Crippen molar-refractivity contribution in [3.63, 3.8) is 0 Å². The van der Waals surface area contributed by atoms with Gasteiger partial charge >= 0.3 is 5.97 Å². The Labute approximate surface area is 139 Å². The van der Waals surface area contributed by atoms with Crippen LogP contribution in [0.15, 0.2) is 88.7 Å². The highest BCUT2D eigenvalue weighted by atomic mass is 32.2. The van der Waals surface area contributed by atoms with Gasteiger partial charge in [-0.15, -0.1) is 0 Å². The summed E-state index contributed by atoms with van der Waals surface area (Å²) in [6, 6.07) is 21.6. The van der Waals surface area contributed by atoms with Gasteiger partial charge in [-0.25, -0.2) is 13.2 Å². The number of hydrogen-bond donors (Lipinski definition) is 1. The molecule has 3 aromatic rings. The van der Waals surface area contributed by atoms with Gasteiger partial charge in [-0.05, 0) is 35.4 Å². The first-order valence-corrected chi connectivity index (χ1v) is 8.71. The van der Waals surface area contributed by atoms with Crippen molar-refractivity contribution in [1.29, 1.82) is 0 Å². The molecule has 0 aliphatic carbocycles. The van der Waals surface area contributed by atoms with Gasteiger partial charge in [0.1, 0.15) is 0 Å². The standard InChI is InChI=1S/C19H14O4S/c20-19(21)17-8-4-5-9-18(17)24(22,23)16-12-10-15(11-13-16)14-6-2-1-3-7-14/h1-13H,(H,20,21). The average molecular weight is 338 g/mol. The van der Waals surface area contributed by atoms with Gasteiger partial charge in [0, 0.05) is 0 Å². The van der Waals surface area contributed by atoms with Gasteiger partial charge in [0.15, 0.2) is 0 Å². The van der Waals surface area contributed by atoms with Crippen molar-refractivity contribution in [3.8, 4) is 11.1 Å².